The molecule has 5 nitrogen and oxygen atoms in total. The number of carbonyl (C=O) groups excluding carboxylic acids is 1. The molecule has 0 atom stereocenters. The third-order valence-corrected chi connectivity index (χ3v) is 2.80. The summed E-state index contributed by atoms with van der Waals surface area (Å²) in [5, 5.41) is 9.37. The molecule has 0 spiro atoms. The van der Waals surface area contributed by atoms with Crippen molar-refractivity contribution in [3.63, 3.8) is 0 Å². The largest absolute Gasteiger partial charge is 0.478 e. The lowest BCUT2D eigenvalue weighted by molar-refractivity contribution is 0.0697. The predicted molar refractivity (Wildman–Crippen MR) is 62.1 cm³/mol. The Morgan fingerprint density at radius 3 is 2.65 bits per heavy atom. The van der Waals surface area contributed by atoms with Crippen LogP contribution < -0.4 is 4.90 Å². The molecule has 0 aromatic heterocycles. The van der Waals surface area contributed by atoms with Crippen molar-refractivity contribution >= 4 is 41.0 Å². The first kappa shape index (κ1) is 12.0. The second-order valence-electron chi connectivity index (χ2n) is 3.35. The molecule has 1 aliphatic rings. The van der Waals surface area contributed by atoms with E-state index in [2.05, 4.69) is 0 Å². The van der Waals surface area contributed by atoms with Crippen molar-refractivity contribution in [1.29, 1.82) is 0 Å². The SMILES string of the molecule is O=C(O)c1cc(Cl)cc(Cl)c1N1CCOC1=O. The van der Waals surface area contributed by atoms with E-state index in [1.807, 2.05) is 0 Å². The van der Waals surface area contributed by atoms with Gasteiger partial charge in [0.2, 0.25) is 0 Å². The van der Waals surface area contributed by atoms with Crippen LogP contribution in [0.2, 0.25) is 10.0 Å². The van der Waals surface area contributed by atoms with Crippen LogP contribution in [-0.2, 0) is 4.74 Å². The van der Waals surface area contributed by atoms with Crippen LogP contribution >= 0.6 is 23.2 Å². The van der Waals surface area contributed by atoms with E-state index in [4.69, 9.17) is 33.0 Å². The van der Waals surface area contributed by atoms with E-state index in [0.717, 1.165) is 0 Å². The van der Waals surface area contributed by atoms with Gasteiger partial charge in [-0.2, -0.15) is 0 Å². The number of amides is 1. The number of hydrogen-bond acceptors (Lipinski definition) is 3. The van der Waals surface area contributed by atoms with Crippen LogP contribution in [0.5, 0.6) is 0 Å². The van der Waals surface area contributed by atoms with Gasteiger partial charge in [-0.3, -0.25) is 4.90 Å². The summed E-state index contributed by atoms with van der Waals surface area (Å²) in [6, 6.07) is 2.63. The summed E-state index contributed by atoms with van der Waals surface area (Å²) in [6.45, 7) is 0.470. The molecule has 7 heteroatoms. The average Bonchev–Trinajstić information content (AvgIpc) is 2.63. The van der Waals surface area contributed by atoms with Crippen molar-refractivity contribution in [3.8, 4) is 0 Å². The second-order valence-corrected chi connectivity index (χ2v) is 4.20. The van der Waals surface area contributed by atoms with Gasteiger partial charge in [0, 0.05) is 5.02 Å². The summed E-state index contributed by atoms with van der Waals surface area (Å²) in [6.07, 6.45) is -0.614. The standard InChI is InChI=1S/C10H7Cl2NO4/c11-5-3-6(9(14)15)8(7(12)4-5)13-1-2-17-10(13)16/h3-4H,1-2H2,(H,14,15). The normalized spacial score (nSPS) is 14.9. The molecule has 1 aromatic carbocycles. The van der Waals surface area contributed by atoms with Crippen LogP contribution in [0, 0.1) is 0 Å². The number of ether oxygens (including phenoxy) is 1. The molecule has 2 rings (SSSR count). The number of carbonyl (C=O) groups is 2. The Hall–Kier alpha value is -1.46. The number of benzene rings is 1. The van der Waals surface area contributed by atoms with Crippen molar-refractivity contribution in [2.75, 3.05) is 18.1 Å². The van der Waals surface area contributed by atoms with Crippen LogP contribution in [0.4, 0.5) is 10.5 Å². The Kier molecular flexibility index (Phi) is 3.13. The Bertz CT molecular complexity index is 503. The Labute approximate surface area is 106 Å². The van der Waals surface area contributed by atoms with Gasteiger partial charge in [-0.15, -0.1) is 0 Å². The van der Waals surface area contributed by atoms with Crippen LogP contribution in [0.15, 0.2) is 12.1 Å². The molecule has 1 aliphatic heterocycles. The van der Waals surface area contributed by atoms with E-state index in [1.54, 1.807) is 0 Å². The molecule has 17 heavy (non-hydrogen) atoms. The first-order chi connectivity index (χ1) is 8.00. The smallest absolute Gasteiger partial charge is 0.414 e. The zero-order valence-corrected chi connectivity index (χ0v) is 9.96. The summed E-state index contributed by atoms with van der Waals surface area (Å²) in [5.41, 5.74) is -0.00702. The third kappa shape index (κ3) is 2.16. The molecule has 1 fully saturated rings. The number of cyclic esters (lactones) is 1. The fourth-order valence-electron chi connectivity index (χ4n) is 1.60. The number of nitrogens with zero attached hydrogens (tertiary/aromatic N) is 1. The molecule has 0 radical (unpaired) electrons. The van der Waals surface area contributed by atoms with Crippen molar-refractivity contribution in [2.45, 2.75) is 0 Å². The van der Waals surface area contributed by atoms with Gasteiger partial charge in [-0.05, 0) is 12.1 Å². The van der Waals surface area contributed by atoms with Gasteiger partial charge < -0.3 is 9.84 Å². The van der Waals surface area contributed by atoms with Crippen molar-refractivity contribution in [2.24, 2.45) is 0 Å². The Balaban J connectivity index is 2.58. The van der Waals surface area contributed by atoms with Crippen LogP contribution in [0.1, 0.15) is 10.4 Å². The highest BCUT2D eigenvalue weighted by Gasteiger charge is 2.29. The number of carboxylic acids is 1. The summed E-state index contributed by atoms with van der Waals surface area (Å²) in [4.78, 5) is 23.7. The average molecular weight is 276 g/mol. The van der Waals surface area contributed by atoms with Crippen LogP contribution in [-0.4, -0.2) is 30.3 Å². The van der Waals surface area contributed by atoms with Gasteiger partial charge in [-0.1, -0.05) is 23.2 Å². The summed E-state index contributed by atoms with van der Waals surface area (Å²) in [5.74, 6) is -1.20. The molecule has 0 aliphatic carbocycles. The molecular formula is C10H7Cl2NO4. The van der Waals surface area contributed by atoms with Gasteiger partial charge in [-0.25, -0.2) is 9.59 Å². The Morgan fingerprint density at radius 2 is 2.12 bits per heavy atom. The summed E-state index contributed by atoms with van der Waals surface area (Å²) < 4.78 is 4.74. The molecule has 1 heterocycles. The minimum absolute atomic E-state index is 0.105. The van der Waals surface area contributed by atoms with E-state index in [-0.39, 0.29) is 34.4 Å². The van der Waals surface area contributed by atoms with Gasteiger partial charge >= 0.3 is 12.1 Å². The second kappa shape index (κ2) is 4.43. The molecule has 0 saturated carbocycles. The number of hydrogen-bond donors (Lipinski definition) is 1. The third-order valence-electron chi connectivity index (χ3n) is 2.29. The minimum atomic E-state index is -1.20. The van der Waals surface area contributed by atoms with Crippen molar-refractivity contribution in [1.82, 2.24) is 0 Å². The van der Waals surface area contributed by atoms with Crippen molar-refractivity contribution in [3.05, 3.63) is 27.7 Å². The zero-order valence-electron chi connectivity index (χ0n) is 8.44. The minimum Gasteiger partial charge on any atom is -0.478 e. The molecule has 0 unspecified atom stereocenters. The fourth-order valence-corrected chi connectivity index (χ4v) is 2.20. The topological polar surface area (TPSA) is 66.8 Å². The van der Waals surface area contributed by atoms with Crippen LogP contribution in [0.25, 0.3) is 0 Å². The van der Waals surface area contributed by atoms with E-state index in [9.17, 15) is 9.59 Å². The van der Waals surface area contributed by atoms with E-state index in [1.165, 1.54) is 17.0 Å². The van der Waals surface area contributed by atoms with Gasteiger partial charge in [0.15, 0.2) is 0 Å². The number of anilines is 1. The monoisotopic (exact) mass is 275 g/mol. The van der Waals surface area contributed by atoms with E-state index in [0.29, 0.717) is 0 Å². The van der Waals surface area contributed by atoms with Gasteiger partial charge in [0.1, 0.15) is 6.61 Å². The van der Waals surface area contributed by atoms with E-state index < -0.39 is 12.1 Å². The highest BCUT2D eigenvalue weighted by Crippen LogP contribution is 2.34. The highest BCUT2D eigenvalue weighted by molar-refractivity contribution is 6.37. The predicted octanol–water partition coefficient (Wildman–Crippen LogP) is 2.65. The zero-order chi connectivity index (χ0) is 12.6. The van der Waals surface area contributed by atoms with Gasteiger partial charge in [0.25, 0.3) is 0 Å². The first-order valence-corrected chi connectivity index (χ1v) is 5.43. The van der Waals surface area contributed by atoms with Crippen molar-refractivity contribution < 1.29 is 19.4 Å². The summed E-state index contributed by atoms with van der Waals surface area (Å²) in [7, 11) is 0. The van der Waals surface area contributed by atoms with E-state index >= 15 is 0 Å². The lowest BCUT2D eigenvalue weighted by Crippen LogP contribution is -2.26. The van der Waals surface area contributed by atoms with Crippen LogP contribution in [0.3, 0.4) is 0 Å². The first-order valence-electron chi connectivity index (χ1n) is 4.67. The molecular weight excluding hydrogens is 269 g/mol. The number of halogens is 2. The maximum Gasteiger partial charge on any atom is 0.414 e. The highest BCUT2D eigenvalue weighted by atomic mass is 35.5. The molecule has 0 bridgehead atoms. The van der Waals surface area contributed by atoms with Gasteiger partial charge in [0.05, 0.1) is 22.8 Å². The number of rotatable bonds is 2. The molecule has 1 saturated heterocycles. The summed E-state index contributed by atoms with van der Waals surface area (Å²) >= 11 is 11.7. The maximum absolute atomic E-state index is 11.4. The molecule has 1 aromatic rings. The maximum atomic E-state index is 11.4. The lowest BCUT2D eigenvalue weighted by Gasteiger charge is -2.17. The lowest BCUT2D eigenvalue weighted by atomic mass is 10.1. The molecule has 90 valence electrons. The molecule has 1 amide bonds. The fraction of sp³-hybridized carbons (Fsp3) is 0.200. The Morgan fingerprint density at radius 1 is 1.41 bits per heavy atom. The quantitative estimate of drug-likeness (QED) is 0.901. The number of aromatic carboxylic acids is 1. The molecule has 1 N–H and O–H groups in total. The number of carboxylic acid groups (broad SMARTS) is 1.